The van der Waals surface area contributed by atoms with Gasteiger partial charge in [0.25, 0.3) is 0 Å². The first kappa shape index (κ1) is 22.2. The summed E-state index contributed by atoms with van der Waals surface area (Å²) >= 11 is 0. The molecular weight excluding hydrogens is 410 g/mol. The lowest BCUT2D eigenvalue weighted by Crippen LogP contribution is -2.59. The van der Waals surface area contributed by atoms with E-state index in [1.807, 2.05) is 0 Å². The number of likely N-dealkylation sites (tertiary alicyclic amines) is 2. The summed E-state index contributed by atoms with van der Waals surface area (Å²) in [5.74, 6) is 1.60. The van der Waals surface area contributed by atoms with Crippen LogP contribution in [0.5, 0.6) is 0 Å². The minimum atomic E-state index is 0.555. The molecule has 33 heavy (non-hydrogen) atoms. The lowest BCUT2D eigenvalue weighted by Gasteiger charge is -2.60. The third-order valence-corrected chi connectivity index (χ3v) is 9.71. The number of ether oxygens (including phenoxy) is 1. The highest BCUT2D eigenvalue weighted by molar-refractivity contribution is 5.38. The number of hydrogen-bond acceptors (Lipinski definition) is 6. The highest BCUT2D eigenvalue weighted by atomic mass is 16.5. The van der Waals surface area contributed by atoms with Crippen LogP contribution in [0.25, 0.3) is 0 Å². The standard InChI is InChI=1S/C27H43N5O/c1-4-33-25-13-27(14-25)11-24(12-27)30-9-7-20(8-10-30)21-15-28-26(29-16-21)32-22-5-6-23(32)18-31(17-22)19(2)3/h15-16,19-20,22-25H,4-14,17-18H2,1-3H3. The molecule has 2 unspecified atom stereocenters. The van der Waals surface area contributed by atoms with E-state index < -0.39 is 0 Å². The van der Waals surface area contributed by atoms with Crippen molar-refractivity contribution in [3.05, 3.63) is 18.0 Å². The molecule has 3 aliphatic heterocycles. The fourth-order valence-corrected chi connectivity index (χ4v) is 7.75. The van der Waals surface area contributed by atoms with E-state index in [1.54, 1.807) is 0 Å². The Hall–Kier alpha value is -1.24. The zero-order chi connectivity index (χ0) is 22.6. The van der Waals surface area contributed by atoms with Gasteiger partial charge in [-0.25, -0.2) is 9.97 Å². The molecule has 0 N–H and O–H groups in total. The van der Waals surface area contributed by atoms with Gasteiger partial charge >= 0.3 is 0 Å². The first-order valence-electron chi connectivity index (χ1n) is 13.7. The van der Waals surface area contributed by atoms with Gasteiger partial charge in [-0.05, 0) is 102 Å². The van der Waals surface area contributed by atoms with Crippen molar-refractivity contribution in [1.82, 2.24) is 19.8 Å². The molecule has 4 heterocycles. The predicted molar refractivity (Wildman–Crippen MR) is 132 cm³/mol. The van der Waals surface area contributed by atoms with E-state index in [0.717, 1.165) is 31.7 Å². The Kier molecular flexibility index (Phi) is 5.90. The summed E-state index contributed by atoms with van der Waals surface area (Å²) in [7, 11) is 0. The molecule has 2 bridgehead atoms. The predicted octanol–water partition coefficient (Wildman–Crippen LogP) is 4.07. The number of hydrogen-bond donors (Lipinski definition) is 0. The van der Waals surface area contributed by atoms with Crippen molar-refractivity contribution in [2.75, 3.05) is 37.7 Å². The monoisotopic (exact) mass is 453 g/mol. The molecule has 1 aromatic heterocycles. The second kappa shape index (κ2) is 8.76. The van der Waals surface area contributed by atoms with Crippen LogP contribution in [0.2, 0.25) is 0 Å². The van der Waals surface area contributed by atoms with Gasteiger partial charge in [-0.3, -0.25) is 4.90 Å². The maximum Gasteiger partial charge on any atom is 0.225 e. The van der Waals surface area contributed by atoms with Crippen LogP contribution in [0.1, 0.15) is 83.6 Å². The van der Waals surface area contributed by atoms with Crippen molar-refractivity contribution in [1.29, 1.82) is 0 Å². The Balaban J connectivity index is 0.998. The number of rotatable bonds is 6. The molecule has 6 nitrogen and oxygen atoms in total. The summed E-state index contributed by atoms with van der Waals surface area (Å²) in [6.07, 6.45) is 15.4. The summed E-state index contributed by atoms with van der Waals surface area (Å²) in [6.45, 7) is 12.4. The molecule has 5 aliphatic rings. The summed E-state index contributed by atoms with van der Waals surface area (Å²) in [5, 5.41) is 0. The Morgan fingerprint density at radius 3 is 2.15 bits per heavy atom. The number of nitrogens with zero attached hydrogens (tertiary/aromatic N) is 5. The molecule has 0 radical (unpaired) electrons. The Morgan fingerprint density at radius 2 is 1.58 bits per heavy atom. The van der Waals surface area contributed by atoms with Gasteiger partial charge in [-0.1, -0.05) is 0 Å². The van der Waals surface area contributed by atoms with E-state index in [1.165, 1.54) is 70.0 Å². The second-order valence-electron chi connectivity index (χ2n) is 12.0. The molecule has 6 heteroatoms. The average molecular weight is 454 g/mol. The lowest BCUT2D eigenvalue weighted by atomic mass is 9.52. The summed E-state index contributed by atoms with van der Waals surface area (Å²) in [4.78, 5) is 17.7. The van der Waals surface area contributed by atoms with Crippen LogP contribution in [0, 0.1) is 5.41 Å². The molecule has 2 saturated carbocycles. The molecule has 2 atom stereocenters. The largest absolute Gasteiger partial charge is 0.378 e. The minimum Gasteiger partial charge on any atom is -0.378 e. The molecule has 182 valence electrons. The second-order valence-corrected chi connectivity index (χ2v) is 12.0. The third-order valence-electron chi connectivity index (χ3n) is 9.71. The molecule has 0 amide bonds. The van der Waals surface area contributed by atoms with E-state index in [-0.39, 0.29) is 0 Å². The zero-order valence-electron chi connectivity index (χ0n) is 21.0. The molecule has 1 aromatic rings. The molecule has 5 fully saturated rings. The smallest absolute Gasteiger partial charge is 0.225 e. The fourth-order valence-electron chi connectivity index (χ4n) is 7.75. The quantitative estimate of drug-likeness (QED) is 0.647. The molecule has 2 aliphatic carbocycles. The van der Waals surface area contributed by atoms with Gasteiger partial charge in [-0.15, -0.1) is 0 Å². The first-order chi connectivity index (χ1) is 16.0. The number of piperazine rings is 1. The number of fused-ring (bicyclic) bond motifs is 2. The van der Waals surface area contributed by atoms with Crippen LogP contribution >= 0.6 is 0 Å². The maximum atomic E-state index is 5.80. The van der Waals surface area contributed by atoms with E-state index in [9.17, 15) is 0 Å². The average Bonchev–Trinajstić information content (AvgIpc) is 3.03. The van der Waals surface area contributed by atoms with Gasteiger partial charge in [0.15, 0.2) is 0 Å². The van der Waals surface area contributed by atoms with E-state index in [2.05, 4.69) is 47.9 Å². The number of piperidine rings is 1. The lowest BCUT2D eigenvalue weighted by molar-refractivity contribution is -0.146. The minimum absolute atomic E-state index is 0.555. The normalized spacial score (nSPS) is 37.5. The summed E-state index contributed by atoms with van der Waals surface area (Å²) in [5.41, 5.74) is 2.00. The van der Waals surface area contributed by atoms with Crippen molar-refractivity contribution >= 4 is 5.95 Å². The van der Waals surface area contributed by atoms with Crippen molar-refractivity contribution in [3.63, 3.8) is 0 Å². The van der Waals surface area contributed by atoms with Gasteiger partial charge in [-0.2, -0.15) is 0 Å². The fraction of sp³-hybridized carbons (Fsp3) is 0.852. The molecule has 6 rings (SSSR count). The van der Waals surface area contributed by atoms with Crippen LogP contribution in [0.4, 0.5) is 5.95 Å². The van der Waals surface area contributed by atoms with Crippen LogP contribution in [0.15, 0.2) is 12.4 Å². The van der Waals surface area contributed by atoms with Crippen LogP contribution in [-0.2, 0) is 4.74 Å². The van der Waals surface area contributed by atoms with Gasteiger partial charge in [0, 0.05) is 56.3 Å². The molecular formula is C27H43N5O. The molecule has 1 spiro atoms. The van der Waals surface area contributed by atoms with Gasteiger partial charge in [0.1, 0.15) is 0 Å². The van der Waals surface area contributed by atoms with E-state index in [0.29, 0.717) is 35.6 Å². The first-order valence-corrected chi connectivity index (χ1v) is 13.7. The van der Waals surface area contributed by atoms with Crippen LogP contribution in [0.3, 0.4) is 0 Å². The van der Waals surface area contributed by atoms with Gasteiger partial charge < -0.3 is 14.5 Å². The van der Waals surface area contributed by atoms with Crippen molar-refractivity contribution in [2.24, 2.45) is 5.41 Å². The van der Waals surface area contributed by atoms with Gasteiger partial charge in [0.05, 0.1) is 6.10 Å². The van der Waals surface area contributed by atoms with Crippen molar-refractivity contribution in [2.45, 2.75) is 108 Å². The third kappa shape index (κ3) is 4.10. The highest BCUT2D eigenvalue weighted by Crippen LogP contribution is 2.58. The number of anilines is 1. The Labute approximate surface area is 200 Å². The zero-order valence-corrected chi connectivity index (χ0v) is 21.0. The maximum absolute atomic E-state index is 5.80. The van der Waals surface area contributed by atoms with Crippen LogP contribution in [-0.4, -0.2) is 82.8 Å². The summed E-state index contributed by atoms with van der Waals surface area (Å²) in [6, 6.07) is 2.64. The number of aromatic nitrogens is 2. The van der Waals surface area contributed by atoms with E-state index >= 15 is 0 Å². The Bertz CT molecular complexity index is 792. The van der Waals surface area contributed by atoms with Gasteiger partial charge in [0.2, 0.25) is 5.95 Å². The molecule has 3 saturated heterocycles. The van der Waals surface area contributed by atoms with Crippen LogP contribution < -0.4 is 4.90 Å². The Morgan fingerprint density at radius 1 is 0.939 bits per heavy atom. The van der Waals surface area contributed by atoms with Crippen molar-refractivity contribution in [3.8, 4) is 0 Å². The molecule has 0 aromatic carbocycles. The van der Waals surface area contributed by atoms with E-state index in [4.69, 9.17) is 14.7 Å². The summed E-state index contributed by atoms with van der Waals surface area (Å²) < 4.78 is 5.80. The SMILES string of the molecule is CCOC1CC2(C1)CC(N1CCC(c3cnc(N4C5CCC4CN(C(C)C)C5)nc3)CC1)C2. The highest BCUT2D eigenvalue weighted by Gasteiger charge is 2.54. The topological polar surface area (TPSA) is 44.7 Å². The van der Waals surface area contributed by atoms with Crippen molar-refractivity contribution < 1.29 is 4.74 Å².